The predicted molar refractivity (Wildman–Crippen MR) is 126 cm³/mol. The Hall–Kier alpha value is -1.87. The first-order valence-electron chi connectivity index (χ1n) is 9.73. The number of amides is 1. The highest BCUT2D eigenvalue weighted by atomic mass is 35.5. The Kier molecular flexibility index (Phi) is 7.01. The number of carbonyl (C=O) groups excluding carboxylic acids is 2. The van der Waals surface area contributed by atoms with Crippen molar-refractivity contribution in [3.05, 3.63) is 67.5 Å². The molecule has 31 heavy (non-hydrogen) atoms. The van der Waals surface area contributed by atoms with E-state index < -0.39 is 0 Å². The van der Waals surface area contributed by atoms with E-state index in [0.29, 0.717) is 63.7 Å². The molecule has 1 fully saturated rings. The molecule has 1 aliphatic rings. The Bertz CT molecular complexity index is 1190. The largest absolute Gasteiger partial charge is 0.342 e. The minimum atomic E-state index is -0.122. The predicted octanol–water partition coefficient (Wildman–Crippen LogP) is 4.42. The number of rotatable bonds is 6. The number of hydrogen-bond acceptors (Lipinski definition) is 6. The second-order valence-electron chi connectivity index (χ2n) is 7.28. The fourth-order valence-electron chi connectivity index (χ4n) is 3.57. The number of thiazole rings is 1. The lowest BCUT2D eigenvalue weighted by Crippen LogP contribution is -2.41. The van der Waals surface area contributed by atoms with Gasteiger partial charge >= 0.3 is 0 Å². The summed E-state index contributed by atoms with van der Waals surface area (Å²) in [6.45, 7) is 1.11. The third-order valence-corrected chi connectivity index (χ3v) is 7.70. The van der Waals surface area contributed by atoms with Gasteiger partial charge in [-0.3, -0.25) is 18.8 Å². The van der Waals surface area contributed by atoms with Gasteiger partial charge in [0.15, 0.2) is 10.7 Å². The molecular formula is C21H19Cl2N3O3S2. The number of Topliss-reactive ketones (excluding diaryl/α,β-unsaturated/α-hetero) is 1. The van der Waals surface area contributed by atoms with Crippen LogP contribution in [0, 0.1) is 5.92 Å². The first kappa shape index (κ1) is 22.3. The summed E-state index contributed by atoms with van der Waals surface area (Å²) >= 11 is 14.8. The van der Waals surface area contributed by atoms with E-state index >= 15 is 0 Å². The van der Waals surface area contributed by atoms with Gasteiger partial charge in [0.05, 0.1) is 21.5 Å². The maximum absolute atomic E-state index is 12.7. The van der Waals surface area contributed by atoms with Crippen molar-refractivity contribution in [2.45, 2.75) is 18.6 Å². The van der Waals surface area contributed by atoms with Crippen LogP contribution in [0.1, 0.15) is 28.9 Å². The zero-order chi connectivity index (χ0) is 22.0. The molecule has 3 heterocycles. The lowest BCUT2D eigenvalue weighted by atomic mass is 9.89. The summed E-state index contributed by atoms with van der Waals surface area (Å²) in [7, 11) is 0. The van der Waals surface area contributed by atoms with Gasteiger partial charge < -0.3 is 4.90 Å². The first-order chi connectivity index (χ1) is 14.9. The molecule has 162 valence electrons. The van der Waals surface area contributed by atoms with Crippen LogP contribution in [-0.2, 0) is 10.5 Å². The smallest absolute Gasteiger partial charge is 0.258 e. The van der Waals surface area contributed by atoms with Gasteiger partial charge in [0, 0.05) is 48.0 Å². The van der Waals surface area contributed by atoms with Crippen LogP contribution in [0.2, 0.25) is 10.0 Å². The third-order valence-electron chi connectivity index (χ3n) is 5.25. The van der Waals surface area contributed by atoms with Gasteiger partial charge in [-0.2, -0.15) is 0 Å². The minimum Gasteiger partial charge on any atom is -0.342 e. The Morgan fingerprint density at radius 3 is 2.68 bits per heavy atom. The average Bonchev–Trinajstić information content (AvgIpc) is 3.24. The van der Waals surface area contributed by atoms with Crippen LogP contribution in [0.5, 0.6) is 0 Å². The molecule has 2 aromatic heterocycles. The molecule has 0 spiro atoms. The average molecular weight is 496 g/mol. The van der Waals surface area contributed by atoms with Crippen LogP contribution in [0.3, 0.4) is 0 Å². The van der Waals surface area contributed by atoms with Gasteiger partial charge in [0.25, 0.3) is 5.56 Å². The minimum absolute atomic E-state index is 0.0411. The van der Waals surface area contributed by atoms with Crippen molar-refractivity contribution < 1.29 is 9.59 Å². The van der Waals surface area contributed by atoms with E-state index in [1.165, 1.54) is 33.6 Å². The molecule has 0 atom stereocenters. The van der Waals surface area contributed by atoms with Gasteiger partial charge in [-0.05, 0) is 31.0 Å². The third kappa shape index (κ3) is 5.14. The standard InChI is InChI=1S/C21H19Cl2N3O3S2/c22-16-2-1-14(9-17(16)23)20(29)13-3-5-25(6-4-13)19(28)12-30-11-15-10-18(27)26-7-8-31-21(26)24-15/h1-2,7-10,13H,3-6,11-12H2. The molecule has 0 bridgehead atoms. The zero-order valence-electron chi connectivity index (χ0n) is 16.4. The number of fused-ring (bicyclic) bond motifs is 1. The Labute approximate surface area is 197 Å². The maximum Gasteiger partial charge on any atom is 0.258 e. The summed E-state index contributed by atoms with van der Waals surface area (Å²) in [6, 6.07) is 6.44. The summed E-state index contributed by atoms with van der Waals surface area (Å²) in [6.07, 6.45) is 2.96. The quantitative estimate of drug-likeness (QED) is 0.473. The van der Waals surface area contributed by atoms with Crippen molar-refractivity contribution >= 4 is 63.0 Å². The number of halogens is 2. The van der Waals surface area contributed by atoms with Crippen LogP contribution in [0.4, 0.5) is 0 Å². The Morgan fingerprint density at radius 1 is 1.16 bits per heavy atom. The van der Waals surface area contributed by atoms with Gasteiger partial charge in [0.1, 0.15) is 0 Å². The Morgan fingerprint density at radius 2 is 1.94 bits per heavy atom. The van der Waals surface area contributed by atoms with Crippen molar-refractivity contribution in [3.63, 3.8) is 0 Å². The summed E-state index contributed by atoms with van der Waals surface area (Å²) in [5.74, 6) is 0.780. The number of benzene rings is 1. The molecule has 0 unspecified atom stereocenters. The van der Waals surface area contributed by atoms with Crippen molar-refractivity contribution in [2.75, 3.05) is 18.8 Å². The fourth-order valence-corrected chi connectivity index (χ4v) is 5.43. The molecule has 0 radical (unpaired) electrons. The van der Waals surface area contributed by atoms with E-state index in [4.69, 9.17) is 23.2 Å². The molecule has 4 rings (SSSR count). The number of piperidine rings is 1. The fraction of sp³-hybridized carbons (Fsp3) is 0.333. The lowest BCUT2D eigenvalue weighted by molar-refractivity contribution is -0.129. The van der Waals surface area contributed by atoms with E-state index in [0.717, 1.165) is 0 Å². The molecule has 3 aromatic rings. The van der Waals surface area contributed by atoms with Crippen LogP contribution < -0.4 is 5.56 Å². The van der Waals surface area contributed by atoms with Gasteiger partial charge in [0.2, 0.25) is 5.91 Å². The summed E-state index contributed by atoms with van der Waals surface area (Å²) < 4.78 is 1.51. The number of aromatic nitrogens is 2. The molecule has 1 amide bonds. The number of likely N-dealkylation sites (tertiary alicyclic amines) is 1. The highest BCUT2D eigenvalue weighted by molar-refractivity contribution is 7.99. The number of nitrogens with zero attached hydrogens (tertiary/aromatic N) is 3. The number of hydrogen-bond donors (Lipinski definition) is 0. The molecule has 0 aliphatic carbocycles. The number of ketones is 1. The Balaban J connectivity index is 1.26. The monoisotopic (exact) mass is 495 g/mol. The number of carbonyl (C=O) groups is 2. The van der Waals surface area contributed by atoms with E-state index in [2.05, 4.69) is 4.98 Å². The van der Waals surface area contributed by atoms with E-state index in [1.807, 2.05) is 5.38 Å². The molecule has 1 aromatic carbocycles. The molecule has 1 saturated heterocycles. The van der Waals surface area contributed by atoms with Gasteiger partial charge in [-0.1, -0.05) is 23.2 Å². The van der Waals surface area contributed by atoms with Crippen molar-refractivity contribution in [1.29, 1.82) is 0 Å². The second-order valence-corrected chi connectivity index (χ2v) is 9.96. The molecule has 10 heteroatoms. The van der Waals surface area contributed by atoms with Crippen LogP contribution in [0.15, 0.2) is 40.6 Å². The summed E-state index contributed by atoms with van der Waals surface area (Å²) in [5.41, 5.74) is 1.12. The van der Waals surface area contributed by atoms with Gasteiger partial charge in [-0.25, -0.2) is 4.98 Å². The van der Waals surface area contributed by atoms with Crippen LogP contribution in [0.25, 0.3) is 4.96 Å². The first-order valence-corrected chi connectivity index (χ1v) is 12.5. The number of thioether (sulfide) groups is 1. The van der Waals surface area contributed by atoms with Crippen LogP contribution >= 0.6 is 46.3 Å². The highest BCUT2D eigenvalue weighted by Crippen LogP contribution is 2.27. The maximum atomic E-state index is 12.7. The summed E-state index contributed by atoms with van der Waals surface area (Å²) in [4.78, 5) is 44.2. The van der Waals surface area contributed by atoms with Crippen molar-refractivity contribution in [3.8, 4) is 0 Å². The zero-order valence-corrected chi connectivity index (χ0v) is 19.6. The summed E-state index contributed by atoms with van der Waals surface area (Å²) in [5, 5.41) is 2.61. The lowest BCUT2D eigenvalue weighted by Gasteiger charge is -2.31. The van der Waals surface area contributed by atoms with Gasteiger partial charge in [-0.15, -0.1) is 23.1 Å². The molecule has 0 N–H and O–H groups in total. The molecule has 0 saturated carbocycles. The molecule has 1 aliphatic heterocycles. The van der Waals surface area contributed by atoms with E-state index in [9.17, 15) is 14.4 Å². The second kappa shape index (κ2) is 9.73. The van der Waals surface area contributed by atoms with E-state index in [1.54, 1.807) is 29.3 Å². The molecule has 6 nitrogen and oxygen atoms in total. The SMILES string of the molecule is O=C(c1ccc(Cl)c(Cl)c1)C1CCN(C(=O)CSCc2cc(=O)n3ccsc3n2)CC1. The topological polar surface area (TPSA) is 71.8 Å². The highest BCUT2D eigenvalue weighted by Gasteiger charge is 2.28. The molecular weight excluding hydrogens is 477 g/mol. The van der Waals surface area contributed by atoms with Crippen molar-refractivity contribution in [1.82, 2.24) is 14.3 Å². The normalized spacial score (nSPS) is 14.8. The van der Waals surface area contributed by atoms with Crippen molar-refractivity contribution in [2.24, 2.45) is 5.92 Å². The van der Waals surface area contributed by atoms with Crippen LogP contribution in [-0.4, -0.2) is 44.8 Å². The van der Waals surface area contributed by atoms with E-state index in [-0.39, 0.29) is 23.2 Å².